The molecule has 4 nitrogen and oxygen atoms in total. The van der Waals surface area contributed by atoms with Crippen LogP contribution in [0.2, 0.25) is 10.0 Å². The molecule has 0 saturated heterocycles. The van der Waals surface area contributed by atoms with E-state index in [1.165, 1.54) is 7.11 Å². The number of hydrogen-bond acceptors (Lipinski definition) is 3. The van der Waals surface area contributed by atoms with Gasteiger partial charge in [-0.05, 0) is 6.07 Å². The Labute approximate surface area is 117 Å². The summed E-state index contributed by atoms with van der Waals surface area (Å²) in [4.78, 5) is 10.2. The maximum Gasteiger partial charge on any atom is 0.329 e. The van der Waals surface area contributed by atoms with E-state index in [2.05, 4.69) is 4.74 Å². The Morgan fingerprint density at radius 1 is 1.37 bits per heavy atom. The number of benzene rings is 1. The van der Waals surface area contributed by atoms with Gasteiger partial charge < -0.3 is 14.6 Å². The van der Waals surface area contributed by atoms with Crippen molar-refractivity contribution >= 4 is 29.2 Å². The summed E-state index contributed by atoms with van der Waals surface area (Å²) in [7, 11) is 1.32. The van der Waals surface area contributed by atoms with Crippen LogP contribution in [-0.4, -0.2) is 31.4 Å². The Morgan fingerprint density at radius 3 is 2.53 bits per heavy atom. The zero-order valence-electron chi connectivity index (χ0n) is 9.75. The molecule has 0 fully saturated rings. The number of halogens is 4. The summed E-state index contributed by atoms with van der Waals surface area (Å²) in [6.07, 6.45) is 0. The molecule has 1 rings (SSSR count). The van der Waals surface area contributed by atoms with Crippen molar-refractivity contribution in [2.45, 2.75) is 5.92 Å². The molecule has 0 heterocycles. The number of carboxylic acids is 1. The summed E-state index contributed by atoms with van der Waals surface area (Å²) in [5.41, 5.74) is -0.551. The Morgan fingerprint density at radius 2 is 2.00 bits per heavy atom. The van der Waals surface area contributed by atoms with Crippen LogP contribution >= 0.6 is 23.2 Å². The van der Waals surface area contributed by atoms with E-state index in [0.29, 0.717) is 0 Å². The van der Waals surface area contributed by atoms with E-state index >= 15 is 0 Å². The molecule has 0 aliphatic rings. The molecule has 0 unspecified atom stereocenters. The highest BCUT2D eigenvalue weighted by molar-refractivity contribution is 6.34. The molecule has 106 valence electrons. The van der Waals surface area contributed by atoms with Crippen molar-refractivity contribution in [1.82, 2.24) is 0 Å². The lowest BCUT2D eigenvalue weighted by Gasteiger charge is -2.18. The largest absolute Gasteiger partial charge is 0.495 e. The van der Waals surface area contributed by atoms with Crippen LogP contribution in [0, 0.1) is 0 Å². The predicted molar refractivity (Wildman–Crippen MR) is 65.4 cm³/mol. The summed E-state index contributed by atoms with van der Waals surface area (Å²) in [5.74, 6) is -4.63. The van der Waals surface area contributed by atoms with Crippen molar-refractivity contribution in [2.24, 2.45) is 0 Å². The molecule has 0 spiro atoms. The molecule has 0 radical (unpaired) electrons. The van der Waals surface area contributed by atoms with Crippen LogP contribution in [0.4, 0.5) is 8.78 Å². The molecule has 0 amide bonds. The van der Waals surface area contributed by atoms with Gasteiger partial charge in [-0.25, -0.2) is 4.79 Å². The van der Waals surface area contributed by atoms with Crippen LogP contribution in [-0.2, 0) is 15.5 Å². The predicted octanol–water partition coefficient (Wildman–Crippen LogP) is 3.20. The van der Waals surface area contributed by atoms with Crippen molar-refractivity contribution in [2.75, 3.05) is 20.3 Å². The van der Waals surface area contributed by atoms with E-state index in [9.17, 15) is 13.6 Å². The maximum atomic E-state index is 13.8. The Balaban J connectivity index is 2.94. The van der Waals surface area contributed by atoms with Crippen LogP contribution in [0.5, 0.6) is 5.75 Å². The lowest BCUT2D eigenvalue weighted by atomic mass is 10.1. The minimum absolute atomic E-state index is 0.0280. The van der Waals surface area contributed by atoms with E-state index < -0.39 is 30.7 Å². The molecule has 0 aliphatic carbocycles. The average molecular weight is 315 g/mol. The molecule has 0 bridgehead atoms. The summed E-state index contributed by atoms with van der Waals surface area (Å²) >= 11 is 11.5. The van der Waals surface area contributed by atoms with Crippen molar-refractivity contribution in [3.63, 3.8) is 0 Å². The summed E-state index contributed by atoms with van der Waals surface area (Å²) < 4.78 is 36.8. The van der Waals surface area contributed by atoms with Gasteiger partial charge >= 0.3 is 5.97 Å². The van der Waals surface area contributed by atoms with Crippen LogP contribution in [0.1, 0.15) is 5.56 Å². The minimum Gasteiger partial charge on any atom is -0.495 e. The number of methoxy groups -OCH3 is 1. The van der Waals surface area contributed by atoms with E-state index in [1.807, 2.05) is 0 Å². The summed E-state index contributed by atoms with van der Waals surface area (Å²) in [6.45, 7) is -1.93. The normalized spacial score (nSPS) is 11.4. The molecule has 8 heteroatoms. The van der Waals surface area contributed by atoms with Crippen LogP contribution in [0.15, 0.2) is 12.1 Å². The highest BCUT2D eigenvalue weighted by atomic mass is 35.5. The van der Waals surface area contributed by atoms with Gasteiger partial charge in [0.05, 0.1) is 17.2 Å². The molecule has 19 heavy (non-hydrogen) atoms. The molecular weight excluding hydrogens is 305 g/mol. The van der Waals surface area contributed by atoms with Gasteiger partial charge in [0.2, 0.25) is 0 Å². The van der Waals surface area contributed by atoms with Crippen molar-refractivity contribution in [1.29, 1.82) is 0 Å². The number of hydrogen-bond donors (Lipinski definition) is 1. The second-order valence-corrected chi connectivity index (χ2v) is 4.37. The van der Waals surface area contributed by atoms with Gasteiger partial charge in [0.15, 0.2) is 0 Å². The molecule has 0 aromatic heterocycles. The third-order valence-corrected chi connectivity index (χ3v) is 2.75. The van der Waals surface area contributed by atoms with Gasteiger partial charge in [-0.1, -0.05) is 23.2 Å². The van der Waals surface area contributed by atoms with Gasteiger partial charge in [0.1, 0.15) is 19.0 Å². The number of carbonyl (C=O) groups is 1. The van der Waals surface area contributed by atoms with Crippen molar-refractivity contribution in [3.8, 4) is 5.75 Å². The third-order valence-electron chi connectivity index (χ3n) is 2.14. The number of alkyl halides is 2. The first-order chi connectivity index (χ1) is 8.77. The van der Waals surface area contributed by atoms with Crippen LogP contribution in [0.25, 0.3) is 0 Å². The molecule has 0 aliphatic heterocycles. The van der Waals surface area contributed by atoms with Gasteiger partial charge in [-0.15, -0.1) is 0 Å². The molecule has 1 aromatic carbocycles. The summed E-state index contributed by atoms with van der Waals surface area (Å²) in [6, 6.07) is 2.12. The molecule has 1 aromatic rings. The number of aliphatic carboxylic acids is 1. The first-order valence-corrected chi connectivity index (χ1v) is 5.74. The zero-order chi connectivity index (χ0) is 14.6. The first kappa shape index (κ1) is 15.9. The topological polar surface area (TPSA) is 55.8 Å². The number of ether oxygens (including phenoxy) is 2. The van der Waals surface area contributed by atoms with Gasteiger partial charge in [-0.2, -0.15) is 8.78 Å². The van der Waals surface area contributed by atoms with Gasteiger partial charge in [-0.3, -0.25) is 0 Å². The fourth-order valence-electron chi connectivity index (χ4n) is 1.31. The minimum atomic E-state index is -3.46. The SMILES string of the molecule is COc1cc(Cl)c(C(F)(F)COCC(=O)O)cc1Cl. The van der Waals surface area contributed by atoms with E-state index in [-0.39, 0.29) is 15.8 Å². The van der Waals surface area contributed by atoms with Crippen molar-refractivity contribution < 1.29 is 28.2 Å². The second kappa shape index (κ2) is 6.36. The van der Waals surface area contributed by atoms with Gasteiger partial charge in [0, 0.05) is 11.6 Å². The monoisotopic (exact) mass is 314 g/mol. The fourth-order valence-corrected chi connectivity index (χ4v) is 1.84. The molecule has 0 atom stereocenters. The summed E-state index contributed by atoms with van der Waals surface area (Å²) in [5, 5.41) is 8.04. The maximum absolute atomic E-state index is 13.8. The second-order valence-electron chi connectivity index (χ2n) is 3.56. The number of carboxylic acid groups (broad SMARTS) is 1. The van der Waals surface area contributed by atoms with Gasteiger partial charge in [0.25, 0.3) is 5.92 Å². The van der Waals surface area contributed by atoms with Crippen LogP contribution < -0.4 is 4.74 Å². The fraction of sp³-hybridized carbons (Fsp3) is 0.364. The standard InChI is InChI=1S/C11H10Cl2F2O4/c1-18-9-3-7(12)6(2-8(9)13)11(14,15)5-19-4-10(16)17/h2-3H,4-5H2,1H3,(H,16,17). The van der Waals surface area contributed by atoms with E-state index in [1.54, 1.807) is 0 Å². The van der Waals surface area contributed by atoms with E-state index in [4.69, 9.17) is 33.0 Å². The Hall–Kier alpha value is -1.11. The molecule has 0 saturated carbocycles. The third kappa shape index (κ3) is 4.19. The molecular formula is C11H10Cl2F2O4. The van der Waals surface area contributed by atoms with E-state index in [0.717, 1.165) is 12.1 Å². The van der Waals surface area contributed by atoms with Crippen molar-refractivity contribution in [3.05, 3.63) is 27.7 Å². The Kier molecular flexibility index (Phi) is 5.34. The lowest BCUT2D eigenvalue weighted by Crippen LogP contribution is -2.23. The highest BCUT2D eigenvalue weighted by Gasteiger charge is 2.35. The lowest BCUT2D eigenvalue weighted by molar-refractivity contribution is -0.147. The molecule has 1 N–H and O–H groups in total. The highest BCUT2D eigenvalue weighted by Crippen LogP contribution is 2.39. The smallest absolute Gasteiger partial charge is 0.329 e. The number of rotatable bonds is 6. The zero-order valence-corrected chi connectivity index (χ0v) is 11.3. The average Bonchev–Trinajstić information content (AvgIpc) is 2.30. The quantitative estimate of drug-likeness (QED) is 0.876. The van der Waals surface area contributed by atoms with Crippen LogP contribution in [0.3, 0.4) is 0 Å². The Bertz CT molecular complexity index is 480. The first-order valence-electron chi connectivity index (χ1n) is 4.99.